The quantitative estimate of drug-likeness (QED) is 0.528. The van der Waals surface area contributed by atoms with Crippen LogP contribution in [0.3, 0.4) is 0 Å². The van der Waals surface area contributed by atoms with E-state index in [-0.39, 0.29) is 0 Å². The molecule has 0 bridgehead atoms. The molecule has 1 heteroatoms. The van der Waals surface area contributed by atoms with Crippen LogP contribution in [0.15, 0.2) is 23.3 Å². The highest BCUT2D eigenvalue weighted by atomic mass is 35.5. The highest BCUT2D eigenvalue weighted by Crippen LogP contribution is 2.28. The summed E-state index contributed by atoms with van der Waals surface area (Å²) < 4.78 is 0. The maximum atomic E-state index is 5.87. The van der Waals surface area contributed by atoms with Crippen molar-refractivity contribution in [2.45, 2.75) is 13.8 Å². The standard InChI is InChI=1S/C8H11Cl/c1-6(2)7-4-3-5-8(7)9/h3-7H,1-2H3. The lowest BCUT2D eigenvalue weighted by atomic mass is 9.98. The van der Waals surface area contributed by atoms with Crippen LogP contribution in [-0.2, 0) is 0 Å². The van der Waals surface area contributed by atoms with E-state index in [9.17, 15) is 0 Å². The summed E-state index contributed by atoms with van der Waals surface area (Å²) in [5, 5.41) is 0.977. The Morgan fingerprint density at radius 1 is 1.56 bits per heavy atom. The third-order valence-electron chi connectivity index (χ3n) is 1.61. The van der Waals surface area contributed by atoms with Gasteiger partial charge in [0.1, 0.15) is 0 Å². The van der Waals surface area contributed by atoms with Gasteiger partial charge in [0, 0.05) is 11.0 Å². The zero-order valence-corrected chi connectivity index (χ0v) is 6.52. The predicted octanol–water partition coefficient (Wildman–Crippen LogP) is 2.95. The van der Waals surface area contributed by atoms with Crippen molar-refractivity contribution < 1.29 is 0 Å². The van der Waals surface area contributed by atoms with Crippen LogP contribution in [0.1, 0.15) is 13.8 Å². The molecule has 0 amide bonds. The van der Waals surface area contributed by atoms with Gasteiger partial charge in [-0.25, -0.2) is 0 Å². The average Bonchev–Trinajstić information content (AvgIpc) is 2.13. The summed E-state index contributed by atoms with van der Waals surface area (Å²) in [7, 11) is 0. The zero-order valence-electron chi connectivity index (χ0n) is 5.76. The van der Waals surface area contributed by atoms with Crippen molar-refractivity contribution in [3.63, 3.8) is 0 Å². The molecule has 1 atom stereocenters. The number of hydrogen-bond donors (Lipinski definition) is 0. The van der Waals surface area contributed by atoms with Crippen molar-refractivity contribution in [3.05, 3.63) is 23.3 Å². The molecule has 50 valence electrons. The van der Waals surface area contributed by atoms with E-state index in [2.05, 4.69) is 19.9 Å². The smallest absolute Gasteiger partial charge is 0.0252 e. The Morgan fingerprint density at radius 3 is 2.44 bits per heavy atom. The third-order valence-corrected chi connectivity index (χ3v) is 1.99. The normalized spacial score (nSPS) is 25.3. The number of rotatable bonds is 1. The Morgan fingerprint density at radius 2 is 2.22 bits per heavy atom. The van der Waals surface area contributed by atoms with Crippen LogP contribution in [0, 0.1) is 11.8 Å². The van der Waals surface area contributed by atoms with Gasteiger partial charge in [-0.1, -0.05) is 37.6 Å². The van der Waals surface area contributed by atoms with E-state index in [1.54, 1.807) is 0 Å². The predicted molar refractivity (Wildman–Crippen MR) is 41.4 cm³/mol. The van der Waals surface area contributed by atoms with Gasteiger partial charge in [-0.2, -0.15) is 0 Å². The lowest BCUT2D eigenvalue weighted by Gasteiger charge is -2.11. The summed E-state index contributed by atoms with van der Waals surface area (Å²) >= 11 is 5.87. The lowest BCUT2D eigenvalue weighted by Crippen LogP contribution is -2.02. The van der Waals surface area contributed by atoms with Crippen LogP contribution >= 0.6 is 11.6 Å². The minimum absolute atomic E-state index is 0.478. The molecule has 1 rings (SSSR count). The molecule has 0 saturated heterocycles. The molecule has 0 aromatic carbocycles. The van der Waals surface area contributed by atoms with Crippen molar-refractivity contribution in [2.24, 2.45) is 11.8 Å². The summed E-state index contributed by atoms with van der Waals surface area (Å²) in [6.45, 7) is 4.35. The summed E-state index contributed by atoms with van der Waals surface area (Å²) in [5.41, 5.74) is 0. The van der Waals surface area contributed by atoms with E-state index in [0.717, 1.165) is 5.03 Å². The fourth-order valence-corrected chi connectivity index (χ4v) is 1.41. The SMILES string of the molecule is CC(C)C1C=CC=C1Cl. The summed E-state index contributed by atoms with van der Waals surface area (Å²) in [5.74, 6) is 1.11. The van der Waals surface area contributed by atoms with Gasteiger partial charge < -0.3 is 0 Å². The van der Waals surface area contributed by atoms with E-state index in [0.29, 0.717) is 11.8 Å². The molecule has 0 saturated carbocycles. The van der Waals surface area contributed by atoms with E-state index in [1.165, 1.54) is 0 Å². The van der Waals surface area contributed by atoms with Gasteiger partial charge >= 0.3 is 0 Å². The summed E-state index contributed by atoms with van der Waals surface area (Å²) in [6, 6.07) is 0. The molecule has 0 fully saturated rings. The van der Waals surface area contributed by atoms with Gasteiger partial charge in [-0.3, -0.25) is 0 Å². The second-order valence-corrected chi connectivity index (χ2v) is 3.14. The Hall–Kier alpha value is -0.230. The van der Waals surface area contributed by atoms with Crippen LogP contribution in [0.5, 0.6) is 0 Å². The Bertz CT molecular complexity index is 154. The van der Waals surface area contributed by atoms with Crippen molar-refractivity contribution in [1.29, 1.82) is 0 Å². The molecule has 9 heavy (non-hydrogen) atoms. The molecule has 0 aromatic heterocycles. The van der Waals surface area contributed by atoms with Crippen LogP contribution in [0.2, 0.25) is 0 Å². The zero-order chi connectivity index (χ0) is 6.85. The topological polar surface area (TPSA) is 0 Å². The average molecular weight is 143 g/mol. The van der Waals surface area contributed by atoms with Crippen molar-refractivity contribution >= 4 is 11.6 Å². The van der Waals surface area contributed by atoms with Crippen molar-refractivity contribution in [1.82, 2.24) is 0 Å². The van der Waals surface area contributed by atoms with Crippen LogP contribution in [0.25, 0.3) is 0 Å². The van der Waals surface area contributed by atoms with Gasteiger partial charge in [-0.15, -0.1) is 0 Å². The molecule has 1 aliphatic rings. The molecule has 1 aliphatic carbocycles. The van der Waals surface area contributed by atoms with Gasteiger partial charge in [0.2, 0.25) is 0 Å². The second-order valence-electron chi connectivity index (χ2n) is 2.71. The van der Waals surface area contributed by atoms with Gasteiger partial charge in [0.15, 0.2) is 0 Å². The van der Waals surface area contributed by atoms with E-state index >= 15 is 0 Å². The summed E-state index contributed by atoms with van der Waals surface area (Å²) in [6.07, 6.45) is 6.13. The molecular formula is C8H11Cl. The minimum atomic E-state index is 0.478. The number of halogens is 1. The maximum Gasteiger partial charge on any atom is 0.0252 e. The monoisotopic (exact) mass is 142 g/mol. The molecule has 0 N–H and O–H groups in total. The number of hydrogen-bond acceptors (Lipinski definition) is 0. The number of allylic oxidation sites excluding steroid dienone is 4. The first-order chi connectivity index (χ1) is 4.22. The molecule has 0 spiro atoms. The largest absolute Gasteiger partial charge is 0.0885 e. The molecule has 0 aromatic rings. The molecule has 0 aliphatic heterocycles. The molecule has 0 nitrogen and oxygen atoms in total. The van der Waals surface area contributed by atoms with Crippen LogP contribution in [0.4, 0.5) is 0 Å². The minimum Gasteiger partial charge on any atom is -0.0885 e. The molecule has 0 radical (unpaired) electrons. The van der Waals surface area contributed by atoms with Crippen molar-refractivity contribution in [3.8, 4) is 0 Å². The molecule has 0 heterocycles. The highest BCUT2D eigenvalue weighted by Gasteiger charge is 2.15. The first-order valence-corrected chi connectivity index (χ1v) is 3.63. The fourth-order valence-electron chi connectivity index (χ4n) is 1.01. The van der Waals surface area contributed by atoms with Crippen molar-refractivity contribution in [2.75, 3.05) is 0 Å². The first-order valence-electron chi connectivity index (χ1n) is 3.25. The Balaban J connectivity index is 2.63. The third kappa shape index (κ3) is 1.36. The fraction of sp³-hybridized carbons (Fsp3) is 0.500. The second kappa shape index (κ2) is 2.57. The maximum absolute atomic E-state index is 5.87. The van der Waals surface area contributed by atoms with Gasteiger partial charge in [0.05, 0.1) is 0 Å². The molecule has 1 unspecified atom stereocenters. The van der Waals surface area contributed by atoms with Gasteiger partial charge in [0.25, 0.3) is 0 Å². The molecular weight excluding hydrogens is 132 g/mol. The highest BCUT2D eigenvalue weighted by molar-refractivity contribution is 6.30. The Kier molecular flexibility index (Phi) is 1.97. The van der Waals surface area contributed by atoms with E-state index in [4.69, 9.17) is 11.6 Å². The van der Waals surface area contributed by atoms with Gasteiger partial charge in [-0.05, 0) is 12.0 Å². The van der Waals surface area contributed by atoms with E-state index < -0.39 is 0 Å². The summed E-state index contributed by atoms with van der Waals surface area (Å²) in [4.78, 5) is 0. The van der Waals surface area contributed by atoms with Crippen LogP contribution in [-0.4, -0.2) is 0 Å². The lowest BCUT2D eigenvalue weighted by molar-refractivity contribution is 0.548. The van der Waals surface area contributed by atoms with Crippen LogP contribution < -0.4 is 0 Å². The Labute approximate surface area is 61.2 Å². The first kappa shape index (κ1) is 6.88. The van der Waals surface area contributed by atoms with E-state index in [1.807, 2.05) is 12.2 Å².